The van der Waals surface area contributed by atoms with E-state index in [-0.39, 0.29) is 0 Å². The van der Waals surface area contributed by atoms with Gasteiger partial charge in [0.15, 0.2) is 5.13 Å². The van der Waals surface area contributed by atoms with Crippen molar-refractivity contribution in [1.29, 1.82) is 0 Å². The highest BCUT2D eigenvalue weighted by Crippen LogP contribution is 2.22. The van der Waals surface area contributed by atoms with E-state index in [0.717, 1.165) is 30.3 Å². The average molecular weight is 297 g/mol. The van der Waals surface area contributed by atoms with E-state index in [1.165, 1.54) is 6.42 Å². The molecule has 1 aliphatic rings. The van der Waals surface area contributed by atoms with Crippen molar-refractivity contribution < 1.29 is 0 Å². The van der Waals surface area contributed by atoms with Gasteiger partial charge in [-0.05, 0) is 18.6 Å². The Labute approximate surface area is 130 Å². The number of hydrogen-bond acceptors (Lipinski definition) is 4. The van der Waals surface area contributed by atoms with Crippen LogP contribution in [0.4, 0.5) is 5.13 Å². The standard InChI is InChI=1S/C17H19N3S/c1-19(17-18-10-13-21-17)16-9-12-20(14-16)11-5-8-15-6-3-2-4-7-15/h2-4,6-7,10,13,16H,9,11-12,14H2,1H3. The molecule has 21 heavy (non-hydrogen) atoms. The van der Waals surface area contributed by atoms with Gasteiger partial charge >= 0.3 is 0 Å². The van der Waals surface area contributed by atoms with Gasteiger partial charge in [-0.25, -0.2) is 4.98 Å². The lowest BCUT2D eigenvalue weighted by molar-refractivity contribution is 0.376. The van der Waals surface area contributed by atoms with E-state index in [1.54, 1.807) is 11.3 Å². The number of thiazole rings is 1. The van der Waals surface area contributed by atoms with Gasteiger partial charge in [-0.2, -0.15) is 0 Å². The Hall–Kier alpha value is -1.83. The van der Waals surface area contributed by atoms with E-state index in [1.807, 2.05) is 29.8 Å². The predicted octanol–water partition coefficient (Wildman–Crippen LogP) is 2.71. The summed E-state index contributed by atoms with van der Waals surface area (Å²) in [4.78, 5) is 9.11. The van der Waals surface area contributed by atoms with E-state index >= 15 is 0 Å². The molecule has 0 radical (unpaired) electrons. The van der Waals surface area contributed by atoms with Crippen LogP contribution in [-0.4, -0.2) is 42.6 Å². The van der Waals surface area contributed by atoms with Crippen LogP contribution >= 0.6 is 11.3 Å². The number of benzene rings is 1. The Kier molecular flexibility index (Phi) is 4.54. The molecule has 3 nitrogen and oxygen atoms in total. The molecule has 1 fully saturated rings. The lowest BCUT2D eigenvalue weighted by Gasteiger charge is -2.23. The second kappa shape index (κ2) is 6.75. The van der Waals surface area contributed by atoms with Crippen molar-refractivity contribution in [2.24, 2.45) is 0 Å². The molecule has 2 heterocycles. The molecule has 2 aromatic rings. The lowest BCUT2D eigenvalue weighted by atomic mass is 10.2. The van der Waals surface area contributed by atoms with E-state index < -0.39 is 0 Å². The van der Waals surface area contributed by atoms with Crippen molar-refractivity contribution in [2.75, 3.05) is 31.6 Å². The Morgan fingerprint density at radius 3 is 3.00 bits per heavy atom. The summed E-state index contributed by atoms with van der Waals surface area (Å²) in [5, 5.41) is 3.14. The van der Waals surface area contributed by atoms with E-state index in [4.69, 9.17) is 0 Å². The number of likely N-dealkylation sites (tertiary alicyclic amines) is 1. The largest absolute Gasteiger partial charge is 0.347 e. The number of aromatic nitrogens is 1. The fourth-order valence-electron chi connectivity index (χ4n) is 2.59. The Morgan fingerprint density at radius 2 is 2.24 bits per heavy atom. The van der Waals surface area contributed by atoms with Gasteiger partial charge in [0.1, 0.15) is 0 Å². The molecule has 0 N–H and O–H groups in total. The molecule has 0 spiro atoms. The van der Waals surface area contributed by atoms with Gasteiger partial charge in [0.2, 0.25) is 0 Å². The average Bonchev–Trinajstić information content (AvgIpc) is 3.19. The molecular weight excluding hydrogens is 278 g/mol. The number of hydrogen-bond donors (Lipinski definition) is 0. The second-order valence-electron chi connectivity index (χ2n) is 5.27. The highest BCUT2D eigenvalue weighted by atomic mass is 32.1. The van der Waals surface area contributed by atoms with E-state index in [9.17, 15) is 0 Å². The first-order valence-corrected chi connectivity index (χ1v) is 8.09. The smallest absolute Gasteiger partial charge is 0.185 e. The van der Waals surface area contributed by atoms with Gasteiger partial charge in [-0.3, -0.25) is 4.90 Å². The molecule has 108 valence electrons. The third kappa shape index (κ3) is 3.63. The molecule has 4 heteroatoms. The summed E-state index contributed by atoms with van der Waals surface area (Å²) >= 11 is 1.70. The molecule has 1 aromatic heterocycles. The number of rotatable bonds is 3. The van der Waals surface area contributed by atoms with Gasteiger partial charge in [0, 0.05) is 43.3 Å². The quantitative estimate of drug-likeness (QED) is 0.812. The fraction of sp³-hybridized carbons (Fsp3) is 0.353. The van der Waals surface area contributed by atoms with Gasteiger partial charge in [0.05, 0.1) is 6.54 Å². The first-order chi connectivity index (χ1) is 10.3. The minimum Gasteiger partial charge on any atom is -0.347 e. The summed E-state index contributed by atoms with van der Waals surface area (Å²) in [5.74, 6) is 6.51. The maximum Gasteiger partial charge on any atom is 0.185 e. The van der Waals surface area contributed by atoms with Crippen molar-refractivity contribution in [3.05, 3.63) is 47.5 Å². The number of anilines is 1. The molecule has 1 atom stereocenters. The molecule has 0 saturated carbocycles. The zero-order valence-corrected chi connectivity index (χ0v) is 13.0. The monoisotopic (exact) mass is 297 g/mol. The van der Waals surface area contributed by atoms with E-state index in [0.29, 0.717) is 6.04 Å². The highest BCUT2D eigenvalue weighted by molar-refractivity contribution is 7.13. The van der Waals surface area contributed by atoms with Gasteiger partial charge < -0.3 is 4.90 Å². The van der Waals surface area contributed by atoms with Crippen LogP contribution in [-0.2, 0) is 0 Å². The Bertz CT molecular complexity index is 612. The van der Waals surface area contributed by atoms with Crippen molar-refractivity contribution in [2.45, 2.75) is 12.5 Å². The van der Waals surface area contributed by atoms with Crippen molar-refractivity contribution in [3.8, 4) is 11.8 Å². The summed E-state index contributed by atoms with van der Waals surface area (Å²) < 4.78 is 0. The van der Waals surface area contributed by atoms with Crippen molar-refractivity contribution in [3.63, 3.8) is 0 Å². The molecule has 0 amide bonds. The fourth-order valence-corrected chi connectivity index (χ4v) is 3.27. The van der Waals surface area contributed by atoms with Gasteiger partial charge in [-0.15, -0.1) is 11.3 Å². The van der Waals surface area contributed by atoms with Gasteiger partial charge in [0.25, 0.3) is 0 Å². The SMILES string of the molecule is CN(c1nccs1)C1CCN(CC#Cc2ccccc2)C1. The van der Waals surface area contributed by atoms with Crippen LogP contribution < -0.4 is 4.90 Å². The maximum absolute atomic E-state index is 4.39. The normalized spacial score (nSPS) is 18.2. The van der Waals surface area contributed by atoms with Crippen molar-refractivity contribution in [1.82, 2.24) is 9.88 Å². The van der Waals surface area contributed by atoms with Crippen LogP contribution in [0.25, 0.3) is 0 Å². The molecule has 1 aromatic carbocycles. The van der Waals surface area contributed by atoms with Gasteiger partial charge in [-0.1, -0.05) is 30.0 Å². The Balaban J connectivity index is 1.52. The van der Waals surface area contributed by atoms with Crippen molar-refractivity contribution >= 4 is 16.5 Å². The third-order valence-corrected chi connectivity index (χ3v) is 4.69. The van der Waals surface area contributed by atoms with Crippen LogP contribution in [0.3, 0.4) is 0 Å². The number of likely N-dealkylation sites (N-methyl/N-ethyl adjacent to an activating group) is 1. The first-order valence-electron chi connectivity index (χ1n) is 7.21. The summed E-state index contributed by atoms with van der Waals surface area (Å²) in [6.07, 6.45) is 3.05. The maximum atomic E-state index is 4.39. The molecule has 0 aliphatic carbocycles. The predicted molar refractivity (Wildman–Crippen MR) is 88.7 cm³/mol. The molecule has 1 aliphatic heterocycles. The third-order valence-electron chi connectivity index (χ3n) is 3.83. The Morgan fingerprint density at radius 1 is 1.38 bits per heavy atom. The first kappa shape index (κ1) is 14.1. The number of nitrogens with zero attached hydrogens (tertiary/aromatic N) is 3. The molecule has 1 saturated heterocycles. The molecular formula is C17H19N3S. The summed E-state index contributed by atoms with van der Waals surface area (Å²) in [5.41, 5.74) is 1.09. The summed E-state index contributed by atoms with van der Waals surface area (Å²) in [6, 6.07) is 10.7. The second-order valence-corrected chi connectivity index (χ2v) is 6.14. The summed E-state index contributed by atoms with van der Waals surface area (Å²) in [6.45, 7) is 3.03. The molecule has 3 rings (SSSR count). The van der Waals surface area contributed by atoms with Crippen LogP contribution in [0, 0.1) is 11.8 Å². The van der Waals surface area contributed by atoms with Crippen LogP contribution in [0.1, 0.15) is 12.0 Å². The zero-order chi connectivity index (χ0) is 14.5. The highest BCUT2D eigenvalue weighted by Gasteiger charge is 2.26. The lowest BCUT2D eigenvalue weighted by Crippen LogP contribution is -2.34. The minimum absolute atomic E-state index is 0.551. The summed E-state index contributed by atoms with van der Waals surface area (Å²) in [7, 11) is 2.14. The molecule has 1 unspecified atom stereocenters. The molecule has 0 bridgehead atoms. The topological polar surface area (TPSA) is 19.4 Å². The van der Waals surface area contributed by atoms with E-state index in [2.05, 4.69) is 45.8 Å². The van der Waals surface area contributed by atoms with Crippen LogP contribution in [0.2, 0.25) is 0 Å². The minimum atomic E-state index is 0.551. The van der Waals surface area contributed by atoms with Crippen LogP contribution in [0.15, 0.2) is 41.9 Å². The zero-order valence-electron chi connectivity index (χ0n) is 12.2. The van der Waals surface area contributed by atoms with Crippen LogP contribution in [0.5, 0.6) is 0 Å².